The SMILES string of the molecule is CC(C)P(Oc1ccccc1C(=O)c1ccccc1OP(C(C)C)C(C)C)C(C)C. The summed E-state index contributed by atoms with van der Waals surface area (Å²) in [6.07, 6.45) is 0. The predicted molar refractivity (Wildman–Crippen MR) is 132 cm³/mol. The summed E-state index contributed by atoms with van der Waals surface area (Å²) in [4.78, 5) is 13.6. The van der Waals surface area contributed by atoms with Crippen LogP contribution in [0.1, 0.15) is 71.3 Å². The molecule has 0 saturated carbocycles. The van der Waals surface area contributed by atoms with Crippen LogP contribution in [-0.4, -0.2) is 28.4 Å². The second-order valence-corrected chi connectivity index (χ2v) is 14.5. The van der Waals surface area contributed by atoms with Gasteiger partial charge in [-0.1, -0.05) is 79.7 Å². The average Bonchev–Trinajstić information content (AvgIpc) is 2.69. The van der Waals surface area contributed by atoms with Gasteiger partial charge in [-0.05, 0) is 24.3 Å². The zero-order chi connectivity index (χ0) is 22.4. The van der Waals surface area contributed by atoms with Gasteiger partial charge in [0.05, 0.1) is 27.4 Å². The first-order valence-electron chi connectivity index (χ1n) is 10.8. The Morgan fingerprint density at radius 2 is 0.900 bits per heavy atom. The standard InChI is InChI=1S/C25H36O3P2/c1-17(2)29(18(3)4)27-23-15-11-9-13-21(23)25(26)22-14-10-12-16-24(22)28-30(19(5)6)20(7)8/h9-20H,1-8H3. The van der Waals surface area contributed by atoms with E-state index < -0.39 is 16.3 Å². The molecule has 0 N–H and O–H groups in total. The molecule has 5 heteroatoms. The number of rotatable bonds is 10. The molecular formula is C25H36O3P2. The van der Waals surface area contributed by atoms with Gasteiger partial charge in [-0.15, -0.1) is 0 Å². The van der Waals surface area contributed by atoms with Crippen LogP contribution < -0.4 is 9.05 Å². The Labute approximate surface area is 185 Å². The van der Waals surface area contributed by atoms with Gasteiger partial charge in [-0.25, -0.2) is 0 Å². The number of benzene rings is 2. The maximum atomic E-state index is 13.6. The Balaban J connectivity index is 2.41. The van der Waals surface area contributed by atoms with Crippen molar-refractivity contribution in [3.63, 3.8) is 0 Å². The van der Waals surface area contributed by atoms with Crippen LogP contribution in [0.3, 0.4) is 0 Å². The zero-order valence-corrected chi connectivity index (χ0v) is 21.3. The largest absolute Gasteiger partial charge is 0.473 e. The smallest absolute Gasteiger partial charge is 0.200 e. The van der Waals surface area contributed by atoms with E-state index in [0.29, 0.717) is 45.3 Å². The highest BCUT2D eigenvalue weighted by molar-refractivity contribution is 7.54. The number of hydrogen-bond donors (Lipinski definition) is 0. The quantitative estimate of drug-likeness (QED) is 0.273. The highest BCUT2D eigenvalue weighted by atomic mass is 31.1. The van der Waals surface area contributed by atoms with Crippen LogP contribution in [0.5, 0.6) is 11.5 Å². The average molecular weight is 447 g/mol. The van der Waals surface area contributed by atoms with E-state index in [1.54, 1.807) is 0 Å². The molecule has 2 aromatic carbocycles. The summed E-state index contributed by atoms with van der Waals surface area (Å²) in [5, 5.41) is 0. The lowest BCUT2D eigenvalue weighted by atomic mass is 10.0. The van der Waals surface area contributed by atoms with E-state index in [9.17, 15) is 4.79 Å². The lowest BCUT2D eigenvalue weighted by molar-refractivity contribution is 0.103. The van der Waals surface area contributed by atoms with Gasteiger partial charge in [-0.2, -0.15) is 0 Å². The minimum atomic E-state index is -0.684. The Morgan fingerprint density at radius 3 is 1.20 bits per heavy atom. The lowest BCUT2D eigenvalue weighted by Gasteiger charge is -2.27. The van der Waals surface area contributed by atoms with Crippen molar-refractivity contribution in [2.45, 2.75) is 78.0 Å². The fourth-order valence-electron chi connectivity index (χ4n) is 3.45. The van der Waals surface area contributed by atoms with Crippen molar-refractivity contribution < 1.29 is 13.8 Å². The van der Waals surface area contributed by atoms with Crippen molar-refractivity contribution in [1.29, 1.82) is 0 Å². The van der Waals surface area contributed by atoms with Gasteiger partial charge >= 0.3 is 0 Å². The summed E-state index contributed by atoms with van der Waals surface area (Å²) in [7, 11) is -1.37. The molecular weight excluding hydrogens is 410 g/mol. The molecule has 0 spiro atoms. The molecule has 0 bridgehead atoms. The third-order valence-electron chi connectivity index (χ3n) is 4.71. The van der Waals surface area contributed by atoms with Gasteiger partial charge in [0.1, 0.15) is 11.5 Å². The number of para-hydroxylation sites is 2. The molecule has 0 radical (unpaired) electrons. The van der Waals surface area contributed by atoms with E-state index in [-0.39, 0.29) is 5.78 Å². The summed E-state index contributed by atoms with van der Waals surface area (Å²) >= 11 is 0. The number of carbonyl (C=O) groups is 1. The number of hydrogen-bond acceptors (Lipinski definition) is 3. The van der Waals surface area contributed by atoms with Crippen LogP contribution in [0.25, 0.3) is 0 Å². The second-order valence-electron chi connectivity index (χ2n) is 8.60. The topological polar surface area (TPSA) is 35.5 Å². The highest BCUT2D eigenvalue weighted by Crippen LogP contribution is 2.49. The van der Waals surface area contributed by atoms with E-state index in [4.69, 9.17) is 9.05 Å². The first kappa shape index (κ1) is 24.8. The van der Waals surface area contributed by atoms with Crippen LogP contribution in [0.2, 0.25) is 0 Å². The van der Waals surface area contributed by atoms with Gasteiger partial charge in [0.25, 0.3) is 0 Å². The van der Waals surface area contributed by atoms with E-state index in [1.807, 2.05) is 48.5 Å². The van der Waals surface area contributed by atoms with Crippen molar-refractivity contribution in [1.82, 2.24) is 0 Å². The Bertz CT molecular complexity index is 747. The molecule has 3 nitrogen and oxygen atoms in total. The van der Waals surface area contributed by atoms with Gasteiger partial charge in [0.15, 0.2) is 5.78 Å². The molecule has 164 valence electrons. The van der Waals surface area contributed by atoms with Gasteiger partial charge < -0.3 is 9.05 Å². The van der Waals surface area contributed by atoms with Gasteiger partial charge in [-0.3, -0.25) is 4.79 Å². The summed E-state index contributed by atoms with van der Waals surface area (Å²) in [6, 6.07) is 15.2. The molecule has 2 rings (SSSR count). The van der Waals surface area contributed by atoms with E-state index >= 15 is 0 Å². The van der Waals surface area contributed by atoms with Crippen molar-refractivity contribution >= 4 is 22.1 Å². The van der Waals surface area contributed by atoms with Crippen LogP contribution >= 0.6 is 16.3 Å². The molecule has 0 amide bonds. The molecule has 30 heavy (non-hydrogen) atoms. The molecule has 0 aromatic heterocycles. The summed E-state index contributed by atoms with van der Waals surface area (Å²) in [5.74, 6) is 1.28. The molecule has 0 unspecified atom stereocenters. The van der Waals surface area contributed by atoms with Crippen molar-refractivity contribution in [2.75, 3.05) is 0 Å². The summed E-state index contributed by atoms with van der Waals surface area (Å²) < 4.78 is 12.8. The molecule has 0 aliphatic heterocycles. The van der Waals surface area contributed by atoms with Crippen LogP contribution in [0.15, 0.2) is 48.5 Å². The highest BCUT2D eigenvalue weighted by Gasteiger charge is 2.26. The number of carbonyl (C=O) groups excluding carboxylic acids is 1. The Hall–Kier alpha value is -1.43. The molecule has 0 fully saturated rings. The van der Waals surface area contributed by atoms with Crippen molar-refractivity contribution in [3.8, 4) is 11.5 Å². The van der Waals surface area contributed by atoms with Crippen LogP contribution in [0.4, 0.5) is 0 Å². The predicted octanol–water partition coefficient (Wildman–Crippen LogP) is 8.10. The third-order valence-corrected chi connectivity index (χ3v) is 9.59. The van der Waals surface area contributed by atoms with Gasteiger partial charge in [0, 0.05) is 22.6 Å². The summed E-state index contributed by atoms with van der Waals surface area (Å²) in [5.41, 5.74) is 2.86. The molecule has 0 aliphatic carbocycles. The van der Waals surface area contributed by atoms with Crippen LogP contribution in [0, 0.1) is 0 Å². The fourth-order valence-corrected chi connectivity index (χ4v) is 7.46. The minimum absolute atomic E-state index is 0.0499. The molecule has 0 aliphatic rings. The Kier molecular flexibility index (Phi) is 9.32. The minimum Gasteiger partial charge on any atom is -0.473 e. The zero-order valence-electron chi connectivity index (χ0n) is 19.5. The molecule has 0 atom stereocenters. The molecule has 0 heterocycles. The fraction of sp³-hybridized carbons (Fsp3) is 0.480. The normalized spacial score (nSPS) is 11.9. The maximum absolute atomic E-state index is 13.6. The monoisotopic (exact) mass is 446 g/mol. The van der Waals surface area contributed by atoms with E-state index in [1.165, 1.54) is 0 Å². The van der Waals surface area contributed by atoms with Crippen molar-refractivity contribution in [3.05, 3.63) is 59.7 Å². The first-order valence-corrected chi connectivity index (χ1v) is 13.6. The molecule has 0 saturated heterocycles. The van der Waals surface area contributed by atoms with Gasteiger partial charge in [0.2, 0.25) is 0 Å². The third kappa shape index (κ3) is 6.29. The first-order chi connectivity index (χ1) is 14.1. The van der Waals surface area contributed by atoms with E-state index in [0.717, 1.165) is 0 Å². The summed E-state index contributed by atoms with van der Waals surface area (Å²) in [6.45, 7) is 17.4. The number of ketones is 1. The van der Waals surface area contributed by atoms with Crippen molar-refractivity contribution in [2.24, 2.45) is 0 Å². The maximum Gasteiger partial charge on any atom is 0.200 e. The van der Waals surface area contributed by atoms with E-state index in [2.05, 4.69) is 55.4 Å². The van der Waals surface area contributed by atoms with Crippen LogP contribution in [-0.2, 0) is 0 Å². The molecule has 2 aromatic rings. The lowest BCUT2D eigenvalue weighted by Crippen LogP contribution is -2.12. The second kappa shape index (κ2) is 11.3. The Morgan fingerprint density at radius 1 is 0.600 bits per heavy atom.